The summed E-state index contributed by atoms with van der Waals surface area (Å²) in [6.45, 7) is 16.3. The Labute approximate surface area is 178 Å². The first-order chi connectivity index (χ1) is 14.0. The third-order valence-corrected chi connectivity index (χ3v) is 6.61. The van der Waals surface area contributed by atoms with Gasteiger partial charge in [-0.15, -0.1) is 0 Å². The minimum Gasteiger partial charge on any atom is -0.379 e. The van der Waals surface area contributed by atoms with Crippen LogP contribution in [0.1, 0.15) is 30.5 Å². The SMILES string of the molecule is Cc1cc(C)c2nc3c(cc2c1)CN(CCN1CCOCC1)C(=NCC(C)C)S3. The number of morpholine rings is 1. The van der Waals surface area contributed by atoms with E-state index in [1.54, 1.807) is 11.8 Å². The molecule has 0 amide bonds. The van der Waals surface area contributed by atoms with Crippen molar-refractivity contribution in [3.63, 3.8) is 0 Å². The van der Waals surface area contributed by atoms with E-state index in [1.807, 2.05) is 0 Å². The number of aromatic nitrogens is 1. The first kappa shape index (κ1) is 20.6. The fourth-order valence-electron chi connectivity index (χ4n) is 3.96. The smallest absolute Gasteiger partial charge is 0.165 e. The number of rotatable bonds is 5. The van der Waals surface area contributed by atoms with Crippen LogP contribution in [0.4, 0.5) is 0 Å². The van der Waals surface area contributed by atoms with Crippen molar-refractivity contribution in [2.24, 2.45) is 10.9 Å². The van der Waals surface area contributed by atoms with Crippen LogP contribution in [0.3, 0.4) is 0 Å². The van der Waals surface area contributed by atoms with E-state index in [9.17, 15) is 0 Å². The van der Waals surface area contributed by atoms with E-state index in [0.29, 0.717) is 5.92 Å². The van der Waals surface area contributed by atoms with Gasteiger partial charge in [0.2, 0.25) is 0 Å². The van der Waals surface area contributed by atoms with Gasteiger partial charge in [-0.25, -0.2) is 4.98 Å². The molecule has 0 atom stereocenters. The second kappa shape index (κ2) is 9.02. The summed E-state index contributed by atoms with van der Waals surface area (Å²) in [6.07, 6.45) is 0. The standard InChI is InChI=1S/C23H32N4OS/c1-16(2)14-24-23-27(6-5-26-7-9-28-10-8-26)15-20-13-19-12-17(3)11-18(4)21(19)25-22(20)29-23/h11-13,16H,5-10,14-15H2,1-4H3. The van der Waals surface area contributed by atoms with E-state index in [0.717, 1.165) is 68.2 Å². The maximum atomic E-state index is 5.49. The molecule has 2 aliphatic rings. The number of aryl methyl sites for hydroxylation is 2. The van der Waals surface area contributed by atoms with Crippen molar-refractivity contribution < 1.29 is 4.74 Å². The quantitative estimate of drug-likeness (QED) is 0.739. The predicted octanol–water partition coefficient (Wildman–Crippen LogP) is 4.10. The minimum absolute atomic E-state index is 0.556. The number of benzene rings is 1. The molecule has 0 unspecified atom stereocenters. The van der Waals surface area contributed by atoms with Gasteiger partial charge in [0.1, 0.15) is 5.03 Å². The average molecular weight is 413 g/mol. The second-order valence-electron chi connectivity index (χ2n) is 8.60. The zero-order chi connectivity index (χ0) is 20.4. The maximum Gasteiger partial charge on any atom is 0.165 e. The predicted molar refractivity (Wildman–Crippen MR) is 122 cm³/mol. The molecule has 1 aromatic heterocycles. The topological polar surface area (TPSA) is 41.0 Å². The van der Waals surface area contributed by atoms with Crippen LogP contribution in [0.15, 0.2) is 28.2 Å². The van der Waals surface area contributed by atoms with Gasteiger partial charge in [0.05, 0.1) is 18.7 Å². The van der Waals surface area contributed by atoms with E-state index in [1.165, 1.54) is 22.1 Å². The van der Waals surface area contributed by atoms with Gasteiger partial charge in [0.25, 0.3) is 0 Å². The maximum absolute atomic E-state index is 5.49. The largest absolute Gasteiger partial charge is 0.379 e. The Kier molecular flexibility index (Phi) is 6.42. The Morgan fingerprint density at radius 2 is 1.93 bits per heavy atom. The third-order valence-electron chi connectivity index (χ3n) is 5.49. The highest BCUT2D eigenvalue weighted by Crippen LogP contribution is 2.34. The van der Waals surface area contributed by atoms with Crippen LogP contribution in [0.5, 0.6) is 0 Å². The number of pyridine rings is 1. The summed E-state index contributed by atoms with van der Waals surface area (Å²) in [5, 5.41) is 3.49. The second-order valence-corrected chi connectivity index (χ2v) is 9.56. The van der Waals surface area contributed by atoms with Crippen LogP contribution < -0.4 is 0 Å². The van der Waals surface area contributed by atoms with E-state index >= 15 is 0 Å². The zero-order valence-electron chi connectivity index (χ0n) is 18.1. The molecule has 0 bridgehead atoms. The molecule has 5 nitrogen and oxygen atoms in total. The van der Waals surface area contributed by atoms with Crippen molar-refractivity contribution in [2.75, 3.05) is 45.9 Å². The molecular weight excluding hydrogens is 380 g/mol. The summed E-state index contributed by atoms with van der Waals surface area (Å²) < 4.78 is 5.49. The van der Waals surface area contributed by atoms with Gasteiger partial charge in [-0.3, -0.25) is 9.89 Å². The molecule has 6 heteroatoms. The first-order valence-electron chi connectivity index (χ1n) is 10.7. The average Bonchev–Trinajstić information content (AvgIpc) is 2.70. The number of hydrogen-bond acceptors (Lipinski definition) is 5. The Morgan fingerprint density at radius 3 is 2.69 bits per heavy atom. The lowest BCUT2D eigenvalue weighted by atomic mass is 10.1. The van der Waals surface area contributed by atoms with Gasteiger partial charge in [-0.2, -0.15) is 0 Å². The minimum atomic E-state index is 0.556. The molecular formula is C23H32N4OS. The zero-order valence-corrected chi connectivity index (χ0v) is 18.9. The lowest BCUT2D eigenvalue weighted by Gasteiger charge is -2.34. The molecule has 0 N–H and O–H groups in total. The molecule has 0 aliphatic carbocycles. The fraction of sp³-hybridized carbons (Fsp3) is 0.565. The number of aliphatic imine (C=N–C) groups is 1. The van der Waals surface area contributed by atoms with Crippen molar-refractivity contribution in [1.29, 1.82) is 0 Å². The summed E-state index contributed by atoms with van der Waals surface area (Å²) in [5.41, 5.74) is 4.98. The van der Waals surface area contributed by atoms with Crippen LogP contribution in [-0.2, 0) is 11.3 Å². The lowest BCUT2D eigenvalue weighted by molar-refractivity contribution is 0.0357. The van der Waals surface area contributed by atoms with Gasteiger partial charge < -0.3 is 9.64 Å². The Hall–Kier alpha value is -1.63. The van der Waals surface area contributed by atoms with Crippen molar-refractivity contribution in [3.8, 4) is 0 Å². The Bertz CT molecular complexity index is 905. The molecule has 3 heterocycles. The molecule has 0 spiro atoms. The number of hydrogen-bond donors (Lipinski definition) is 0. The van der Waals surface area contributed by atoms with Crippen molar-refractivity contribution >= 4 is 27.8 Å². The fourth-order valence-corrected chi connectivity index (χ4v) is 4.95. The first-order valence-corrected chi connectivity index (χ1v) is 11.5. The molecule has 0 saturated carbocycles. The Morgan fingerprint density at radius 1 is 1.14 bits per heavy atom. The van der Waals surface area contributed by atoms with Crippen LogP contribution in [-0.4, -0.2) is 65.9 Å². The van der Waals surface area contributed by atoms with Gasteiger partial charge in [-0.1, -0.05) is 25.5 Å². The number of nitrogens with zero attached hydrogens (tertiary/aromatic N) is 4. The number of thioether (sulfide) groups is 1. The highest BCUT2D eigenvalue weighted by Gasteiger charge is 2.25. The van der Waals surface area contributed by atoms with Crippen LogP contribution in [0.2, 0.25) is 0 Å². The summed E-state index contributed by atoms with van der Waals surface area (Å²) >= 11 is 1.74. The summed E-state index contributed by atoms with van der Waals surface area (Å²) in [7, 11) is 0. The molecule has 0 radical (unpaired) electrons. The molecule has 4 rings (SSSR count). The van der Waals surface area contributed by atoms with Crippen LogP contribution >= 0.6 is 11.8 Å². The van der Waals surface area contributed by atoms with E-state index in [4.69, 9.17) is 14.7 Å². The Balaban J connectivity index is 1.60. The van der Waals surface area contributed by atoms with Gasteiger partial charge in [0, 0.05) is 50.2 Å². The highest BCUT2D eigenvalue weighted by molar-refractivity contribution is 8.13. The lowest BCUT2D eigenvalue weighted by Crippen LogP contribution is -2.43. The molecule has 1 saturated heterocycles. The molecule has 29 heavy (non-hydrogen) atoms. The van der Waals surface area contributed by atoms with Crippen molar-refractivity contribution in [1.82, 2.24) is 14.8 Å². The highest BCUT2D eigenvalue weighted by atomic mass is 32.2. The third kappa shape index (κ3) is 4.93. The molecule has 1 aromatic carbocycles. The summed E-state index contributed by atoms with van der Waals surface area (Å²) in [4.78, 5) is 15.0. The molecule has 1 fully saturated rings. The number of ether oxygens (including phenoxy) is 1. The monoisotopic (exact) mass is 412 g/mol. The number of fused-ring (bicyclic) bond motifs is 2. The number of amidine groups is 1. The molecule has 156 valence electrons. The molecule has 2 aliphatic heterocycles. The van der Waals surface area contributed by atoms with Gasteiger partial charge in [-0.05, 0) is 49.2 Å². The summed E-state index contributed by atoms with van der Waals surface area (Å²) in [5.74, 6) is 0.556. The van der Waals surface area contributed by atoms with E-state index in [2.05, 4.69) is 55.7 Å². The molecule has 2 aromatic rings. The summed E-state index contributed by atoms with van der Waals surface area (Å²) in [6, 6.07) is 6.81. The van der Waals surface area contributed by atoms with Crippen molar-refractivity contribution in [2.45, 2.75) is 39.3 Å². The van der Waals surface area contributed by atoms with Crippen LogP contribution in [0.25, 0.3) is 10.9 Å². The van der Waals surface area contributed by atoms with E-state index < -0.39 is 0 Å². The van der Waals surface area contributed by atoms with Gasteiger partial charge in [0.15, 0.2) is 5.17 Å². The van der Waals surface area contributed by atoms with Crippen molar-refractivity contribution in [3.05, 3.63) is 34.9 Å². The van der Waals surface area contributed by atoms with E-state index in [-0.39, 0.29) is 0 Å². The normalized spacial score (nSPS) is 19.3. The van der Waals surface area contributed by atoms with Crippen LogP contribution in [0, 0.1) is 19.8 Å². The van der Waals surface area contributed by atoms with Gasteiger partial charge >= 0.3 is 0 Å².